The molecule has 0 aliphatic carbocycles. The molecule has 1 aromatic rings. The minimum atomic E-state index is -3.10. The molecule has 0 unspecified atom stereocenters. The Kier molecular flexibility index (Phi) is 8.85. The van der Waals surface area contributed by atoms with Crippen molar-refractivity contribution in [2.45, 2.75) is 12.2 Å². The molecule has 2 N–H and O–H groups in total. The highest BCUT2D eigenvalue weighted by atomic mass is 127. The van der Waals surface area contributed by atoms with Gasteiger partial charge in [-0.15, -0.1) is 24.0 Å². The van der Waals surface area contributed by atoms with E-state index in [-0.39, 0.29) is 35.5 Å². The first-order valence-electron chi connectivity index (χ1n) is 7.44. The lowest BCUT2D eigenvalue weighted by Gasteiger charge is -2.27. The predicted octanol–water partition coefficient (Wildman–Crippen LogP) is 1.26. The smallest absolute Gasteiger partial charge is 0.191 e. The Morgan fingerprint density at radius 2 is 1.87 bits per heavy atom. The Morgan fingerprint density at radius 3 is 2.52 bits per heavy atom. The normalized spacial score (nSPS) is 16.0. The summed E-state index contributed by atoms with van der Waals surface area (Å²) in [6.07, 6.45) is 0.486. The number of hydrogen-bond donors (Lipinski definition) is 1. The van der Waals surface area contributed by atoms with Crippen LogP contribution in [0.1, 0.15) is 12.0 Å². The average Bonchev–Trinajstić information content (AvgIpc) is 2.53. The molecule has 0 amide bonds. The Balaban J connectivity index is 0.00000264. The highest BCUT2D eigenvalue weighted by Gasteiger charge is 2.13. The van der Waals surface area contributed by atoms with Crippen LogP contribution in [0, 0.1) is 0 Å². The first-order valence-corrected chi connectivity index (χ1v) is 9.26. The summed E-state index contributed by atoms with van der Waals surface area (Å²) in [5.41, 5.74) is 6.71. The molecule has 0 bridgehead atoms. The number of benzene rings is 1. The van der Waals surface area contributed by atoms with Gasteiger partial charge in [-0.05, 0) is 12.0 Å². The van der Waals surface area contributed by atoms with Gasteiger partial charge >= 0.3 is 0 Å². The van der Waals surface area contributed by atoms with E-state index >= 15 is 0 Å². The molecule has 0 spiro atoms. The summed E-state index contributed by atoms with van der Waals surface area (Å²) in [4.78, 5) is 6.22. The number of guanidine groups is 1. The maximum atomic E-state index is 12.0. The molecule has 1 aromatic carbocycles. The van der Waals surface area contributed by atoms with Gasteiger partial charge in [0.05, 0.1) is 24.7 Å². The Bertz CT molecular complexity index is 587. The van der Waals surface area contributed by atoms with Crippen LogP contribution in [0.3, 0.4) is 0 Å². The number of halogens is 1. The molecule has 23 heavy (non-hydrogen) atoms. The molecule has 1 fully saturated rings. The number of sulfone groups is 1. The van der Waals surface area contributed by atoms with E-state index in [2.05, 4.69) is 4.99 Å². The maximum absolute atomic E-state index is 12.0. The first-order chi connectivity index (χ1) is 10.6. The molecule has 0 atom stereocenters. The third-order valence-corrected chi connectivity index (χ3v) is 5.14. The zero-order valence-corrected chi connectivity index (χ0v) is 16.2. The Hall–Kier alpha value is -0.870. The van der Waals surface area contributed by atoms with Crippen LogP contribution in [-0.4, -0.2) is 57.9 Å². The topological polar surface area (TPSA) is 85.0 Å². The number of aliphatic imine (C=N–C) groups is 1. The van der Waals surface area contributed by atoms with Gasteiger partial charge in [0.2, 0.25) is 0 Å². The van der Waals surface area contributed by atoms with Crippen LogP contribution in [0.15, 0.2) is 35.3 Å². The summed E-state index contributed by atoms with van der Waals surface area (Å²) in [5, 5.41) is 0. The van der Waals surface area contributed by atoms with E-state index in [1.807, 2.05) is 35.2 Å². The largest absolute Gasteiger partial charge is 0.378 e. The third-order valence-electron chi connectivity index (χ3n) is 3.45. The van der Waals surface area contributed by atoms with Crippen LogP contribution >= 0.6 is 24.0 Å². The second-order valence-electron chi connectivity index (χ2n) is 5.27. The Morgan fingerprint density at radius 1 is 1.22 bits per heavy atom. The van der Waals surface area contributed by atoms with Gasteiger partial charge in [0.15, 0.2) is 15.8 Å². The van der Waals surface area contributed by atoms with Gasteiger partial charge in [-0.2, -0.15) is 0 Å². The van der Waals surface area contributed by atoms with Crippen molar-refractivity contribution in [3.63, 3.8) is 0 Å². The van der Waals surface area contributed by atoms with Crippen molar-refractivity contribution in [3.8, 4) is 0 Å². The van der Waals surface area contributed by atoms with Crippen molar-refractivity contribution in [2.75, 3.05) is 38.6 Å². The van der Waals surface area contributed by atoms with E-state index in [9.17, 15) is 8.42 Å². The van der Waals surface area contributed by atoms with Gasteiger partial charge in [-0.1, -0.05) is 30.3 Å². The number of nitrogens with two attached hydrogens (primary N) is 1. The maximum Gasteiger partial charge on any atom is 0.191 e. The van der Waals surface area contributed by atoms with Gasteiger partial charge in [0.25, 0.3) is 0 Å². The van der Waals surface area contributed by atoms with Gasteiger partial charge in [-0.25, -0.2) is 8.42 Å². The average molecular weight is 453 g/mol. The lowest BCUT2D eigenvalue weighted by Crippen LogP contribution is -2.44. The molecule has 1 aliphatic rings. The van der Waals surface area contributed by atoms with Crippen LogP contribution in [0.2, 0.25) is 0 Å². The summed E-state index contributed by atoms with van der Waals surface area (Å²) in [5.74, 6) is 0.682. The van der Waals surface area contributed by atoms with E-state index in [0.29, 0.717) is 32.1 Å². The van der Waals surface area contributed by atoms with Crippen molar-refractivity contribution < 1.29 is 13.2 Å². The molecular formula is C15H24IN3O3S. The van der Waals surface area contributed by atoms with E-state index in [0.717, 1.165) is 18.7 Å². The summed E-state index contributed by atoms with van der Waals surface area (Å²) in [6, 6.07) is 9.22. The monoisotopic (exact) mass is 453 g/mol. The zero-order chi connectivity index (χ0) is 15.8. The number of morpholine rings is 1. The second kappa shape index (κ2) is 10.1. The lowest BCUT2D eigenvalue weighted by atomic mass is 10.2. The van der Waals surface area contributed by atoms with Gasteiger partial charge < -0.3 is 15.4 Å². The standard InChI is InChI=1S/C15H23N3O3S.HI/c16-15(18-8-10-21-11-9-18)17-7-4-12-22(19,20)13-14-5-2-1-3-6-14;/h1-3,5-6H,4,7-13H2,(H2,16,17);1H. The van der Waals surface area contributed by atoms with Crippen molar-refractivity contribution in [2.24, 2.45) is 10.7 Å². The molecule has 1 heterocycles. The van der Waals surface area contributed by atoms with Crippen molar-refractivity contribution in [3.05, 3.63) is 35.9 Å². The second-order valence-corrected chi connectivity index (χ2v) is 7.45. The molecule has 130 valence electrons. The van der Waals surface area contributed by atoms with Gasteiger partial charge in [0.1, 0.15) is 0 Å². The minimum absolute atomic E-state index is 0. The fourth-order valence-electron chi connectivity index (χ4n) is 2.27. The number of ether oxygens (including phenoxy) is 1. The number of nitrogens with zero attached hydrogens (tertiary/aromatic N) is 2. The molecular weight excluding hydrogens is 429 g/mol. The van der Waals surface area contributed by atoms with E-state index in [4.69, 9.17) is 10.5 Å². The molecule has 1 aliphatic heterocycles. The first kappa shape index (κ1) is 20.2. The SMILES string of the molecule is I.NC(=NCCCS(=O)(=O)Cc1ccccc1)N1CCOCC1. The van der Waals surface area contributed by atoms with Crippen molar-refractivity contribution in [1.82, 2.24) is 4.90 Å². The molecule has 0 saturated carbocycles. The molecule has 8 heteroatoms. The van der Waals surface area contributed by atoms with E-state index in [1.54, 1.807) is 0 Å². The lowest BCUT2D eigenvalue weighted by molar-refractivity contribution is 0.0674. The van der Waals surface area contributed by atoms with Crippen LogP contribution in [0.5, 0.6) is 0 Å². The molecule has 0 radical (unpaired) electrons. The summed E-state index contributed by atoms with van der Waals surface area (Å²) in [6.45, 7) is 3.21. The number of rotatable bonds is 6. The van der Waals surface area contributed by atoms with E-state index < -0.39 is 9.84 Å². The van der Waals surface area contributed by atoms with Crippen molar-refractivity contribution in [1.29, 1.82) is 0 Å². The predicted molar refractivity (Wildman–Crippen MR) is 103 cm³/mol. The van der Waals surface area contributed by atoms with E-state index in [1.165, 1.54) is 0 Å². The summed E-state index contributed by atoms with van der Waals surface area (Å²) >= 11 is 0. The number of hydrogen-bond acceptors (Lipinski definition) is 4. The molecule has 2 rings (SSSR count). The third kappa shape index (κ3) is 7.49. The van der Waals surface area contributed by atoms with Crippen LogP contribution in [0.25, 0.3) is 0 Å². The van der Waals surface area contributed by atoms with Crippen LogP contribution < -0.4 is 5.73 Å². The molecule has 6 nitrogen and oxygen atoms in total. The van der Waals surface area contributed by atoms with Crippen LogP contribution in [-0.2, 0) is 20.3 Å². The van der Waals surface area contributed by atoms with Crippen molar-refractivity contribution >= 4 is 39.8 Å². The zero-order valence-electron chi connectivity index (χ0n) is 13.1. The highest BCUT2D eigenvalue weighted by molar-refractivity contribution is 14.0. The fourth-order valence-corrected chi connectivity index (χ4v) is 3.68. The molecule has 1 saturated heterocycles. The Labute approximate surface area is 155 Å². The summed E-state index contributed by atoms with van der Waals surface area (Å²) < 4.78 is 29.3. The summed E-state index contributed by atoms with van der Waals surface area (Å²) in [7, 11) is -3.10. The van der Waals surface area contributed by atoms with Gasteiger partial charge in [0, 0.05) is 19.6 Å². The fraction of sp³-hybridized carbons (Fsp3) is 0.533. The highest BCUT2D eigenvalue weighted by Crippen LogP contribution is 2.07. The molecule has 0 aromatic heterocycles. The van der Waals surface area contributed by atoms with Crippen LogP contribution in [0.4, 0.5) is 0 Å². The van der Waals surface area contributed by atoms with Gasteiger partial charge in [-0.3, -0.25) is 4.99 Å². The quantitative estimate of drug-likeness (QED) is 0.304. The minimum Gasteiger partial charge on any atom is -0.378 e.